The van der Waals surface area contributed by atoms with Crippen molar-refractivity contribution in [2.24, 2.45) is 14.1 Å². The van der Waals surface area contributed by atoms with Gasteiger partial charge in [-0.25, -0.2) is 14.0 Å². The first-order chi connectivity index (χ1) is 8.95. The molecule has 4 heteroatoms. The van der Waals surface area contributed by atoms with Crippen LogP contribution in [0.1, 0.15) is 5.56 Å². The van der Waals surface area contributed by atoms with Gasteiger partial charge in [0.2, 0.25) is 6.33 Å². The zero-order valence-corrected chi connectivity index (χ0v) is 12.4. The zero-order chi connectivity index (χ0) is 14.2. The number of benzene rings is 1. The first-order valence-electron chi connectivity index (χ1n) is 6.30. The molecule has 2 rings (SSSR count). The Morgan fingerprint density at radius 2 is 2.11 bits per heavy atom. The van der Waals surface area contributed by atoms with Gasteiger partial charge in [0.15, 0.2) is 11.0 Å². The van der Waals surface area contributed by atoms with Crippen LogP contribution in [0.3, 0.4) is 0 Å². The number of rotatable bonds is 2. The van der Waals surface area contributed by atoms with Gasteiger partial charge < -0.3 is 0 Å². The van der Waals surface area contributed by atoms with Crippen molar-refractivity contribution in [2.45, 2.75) is 0 Å². The lowest BCUT2D eigenvalue weighted by Gasteiger charge is -2.11. The predicted octanol–water partition coefficient (Wildman–Crippen LogP) is 1.10. The molecule has 100 valence electrons. The van der Waals surface area contributed by atoms with E-state index in [1.54, 1.807) is 0 Å². The largest absolute Gasteiger partial charge is 0.283 e. The van der Waals surface area contributed by atoms with Crippen LogP contribution in [0.2, 0.25) is 0 Å². The third-order valence-corrected chi connectivity index (χ3v) is 3.37. The topological polar surface area (TPSA) is 15.1 Å². The highest BCUT2D eigenvalue weighted by atomic mass is 15.2. The lowest BCUT2D eigenvalue weighted by atomic mass is 10.1. The van der Waals surface area contributed by atoms with Crippen molar-refractivity contribution in [1.29, 1.82) is 0 Å². The quantitative estimate of drug-likeness (QED) is 0.447. The van der Waals surface area contributed by atoms with E-state index in [1.165, 1.54) is 16.6 Å². The fourth-order valence-electron chi connectivity index (χ4n) is 2.49. The molecule has 2 aromatic rings. The second kappa shape index (κ2) is 4.88. The van der Waals surface area contributed by atoms with E-state index in [4.69, 9.17) is 0 Å². The van der Waals surface area contributed by atoms with Gasteiger partial charge in [0.1, 0.15) is 0 Å². The van der Waals surface area contributed by atoms with Crippen molar-refractivity contribution < 1.29 is 9.14 Å². The van der Waals surface area contributed by atoms with E-state index in [0.29, 0.717) is 0 Å². The Balaban J connectivity index is 2.66. The smallest absolute Gasteiger partial charge is 0.267 e. The lowest BCUT2D eigenvalue weighted by molar-refractivity contribution is -0.645. The summed E-state index contributed by atoms with van der Waals surface area (Å²) in [7, 11) is 10.2. The molecule has 1 aromatic carbocycles. The highest BCUT2D eigenvalue weighted by molar-refractivity contribution is 5.98. The number of aryl methyl sites for hydroxylation is 2. The normalized spacial score (nSPS) is 10.6. The van der Waals surface area contributed by atoms with E-state index < -0.39 is 0 Å². The highest BCUT2D eigenvalue weighted by Crippen LogP contribution is 2.14. The number of imidazole rings is 1. The molecule has 1 heterocycles. The van der Waals surface area contributed by atoms with Crippen LogP contribution in [0.25, 0.3) is 11.0 Å². The Kier molecular flexibility index (Phi) is 3.42. The van der Waals surface area contributed by atoms with E-state index in [1.807, 2.05) is 32.2 Å². The number of aromatic nitrogens is 2. The first-order valence-corrected chi connectivity index (χ1v) is 6.30. The van der Waals surface area contributed by atoms with Gasteiger partial charge in [-0.15, -0.1) is 0 Å². The zero-order valence-electron chi connectivity index (χ0n) is 12.4. The minimum Gasteiger partial charge on any atom is -0.267 e. The van der Waals surface area contributed by atoms with Gasteiger partial charge in [-0.1, -0.05) is 6.58 Å². The van der Waals surface area contributed by atoms with Crippen LogP contribution < -0.4 is 4.57 Å². The molecular weight excluding hydrogens is 236 g/mol. The summed E-state index contributed by atoms with van der Waals surface area (Å²) in [6.07, 6.45) is 3.91. The Morgan fingerprint density at radius 1 is 1.42 bits per heavy atom. The summed E-state index contributed by atoms with van der Waals surface area (Å²) >= 11 is 0. The van der Waals surface area contributed by atoms with Crippen molar-refractivity contribution >= 4 is 16.9 Å². The first kappa shape index (κ1) is 13.3. The molecule has 0 fully saturated rings. The van der Waals surface area contributed by atoms with Gasteiger partial charge in [0.05, 0.1) is 47.0 Å². The van der Waals surface area contributed by atoms with Gasteiger partial charge in [-0.3, -0.25) is 4.58 Å². The van der Waals surface area contributed by atoms with E-state index >= 15 is 0 Å². The summed E-state index contributed by atoms with van der Waals surface area (Å²) in [5.74, 6) is 1.13. The Labute approximate surface area is 114 Å². The third-order valence-electron chi connectivity index (χ3n) is 3.37. The molecule has 0 bridgehead atoms. The molecule has 0 aliphatic heterocycles. The summed E-state index contributed by atoms with van der Waals surface area (Å²) in [5.41, 5.74) is 3.63. The Morgan fingerprint density at radius 3 is 2.68 bits per heavy atom. The second-order valence-electron chi connectivity index (χ2n) is 5.05. The van der Waals surface area contributed by atoms with Crippen molar-refractivity contribution in [3.05, 3.63) is 42.9 Å². The number of hydrogen-bond donors (Lipinski definition) is 0. The molecule has 0 aliphatic rings. The molecule has 0 saturated carbocycles. The summed E-state index contributed by atoms with van der Waals surface area (Å²) < 4.78 is 6.37. The van der Waals surface area contributed by atoms with Crippen LogP contribution in [-0.2, 0) is 14.1 Å². The molecule has 0 aliphatic carbocycles. The van der Waals surface area contributed by atoms with Crippen molar-refractivity contribution in [2.75, 3.05) is 21.1 Å². The van der Waals surface area contributed by atoms with Crippen molar-refractivity contribution in [1.82, 2.24) is 9.47 Å². The van der Waals surface area contributed by atoms with Crippen molar-refractivity contribution in [3.63, 3.8) is 0 Å². The highest BCUT2D eigenvalue weighted by Gasteiger charge is 2.19. The Hall–Kier alpha value is -2.10. The van der Waals surface area contributed by atoms with Crippen LogP contribution in [0, 0.1) is 0 Å². The summed E-state index contributed by atoms with van der Waals surface area (Å²) in [4.78, 5) is 2.03. The molecule has 0 N–H and O–H groups in total. The van der Waals surface area contributed by atoms with Gasteiger partial charge in [0, 0.05) is 6.07 Å². The van der Waals surface area contributed by atoms with Gasteiger partial charge in [0.25, 0.3) is 5.84 Å². The van der Waals surface area contributed by atoms with Crippen LogP contribution in [0.4, 0.5) is 0 Å². The van der Waals surface area contributed by atoms with E-state index in [-0.39, 0.29) is 0 Å². The van der Waals surface area contributed by atoms with Crippen LogP contribution in [0.5, 0.6) is 0 Å². The fourth-order valence-corrected chi connectivity index (χ4v) is 2.49. The summed E-state index contributed by atoms with van der Waals surface area (Å²) in [5, 5.41) is 0. The SMILES string of the molecule is C=CN(C)C(c1ccc2c(c1)n(C)c[n+]2C)=[N+](C)C. The molecule has 0 radical (unpaired) electrons. The molecule has 0 spiro atoms. The van der Waals surface area contributed by atoms with Gasteiger partial charge >= 0.3 is 0 Å². The molecule has 1 aromatic heterocycles. The second-order valence-corrected chi connectivity index (χ2v) is 5.05. The summed E-state index contributed by atoms with van der Waals surface area (Å²) in [6, 6.07) is 6.52. The number of fused-ring (bicyclic) bond motifs is 1. The third kappa shape index (κ3) is 2.26. The summed E-state index contributed by atoms with van der Waals surface area (Å²) in [6.45, 7) is 3.84. The number of hydrogen-bond acceptors (Lipinski definition) is 0. The molecule has 19 heavy (non-hydrogen) atoms. The van der Waals surface area contributed by atoms with Crippen LogP contribution in [-0.4, -0.2) is 41.0 Å². The minimum absolute atomic E-state index is 1.13. The maximum absolute atomic E-state index is 3.84. The average molecular weight is 258 g/mol. The molecule has 0 amide bonds. The molecule has 0 saturated heterocycles. The average Bonchev–Trinajstić information content (AvgIpc) is 2.64. The van der Waals surface area contributed by atoms with Crippen LogP contribution in [0.15, 0.2) is 37.3 Å². The molecular formula is C15H22N4+2. The minimum atomic E-state index is 1.13. The number of amidine groups is 1. The van der Waals surface area contributed by atoms with Gasteiger partial charge in [-0.05, 0) is 12.1 Å². The predicted molar refractivity (Wildman–Crippen MR) is 78.3 cm³/mol. The standard InChI is InChI=1S/C15H22N4/c1-7-17(4)15(16(2)3)12-8-9-13-14(10-12)19(6)11-18(13)5/h7-11H,1H2,2-6H3/q+2. The monoisotopic (exact) mass is 258 g/mol. The van der Waals surface area contributed by atoms with Crippen molar-refractivity contribution in [3.8, 4) is 0 Å². The molecule has 4 nitrogen and oxygen atoms in total. The van der Waals surface area contributed by atoms with Crippen LogP contribution >= 0.6 is 0 Å². The lowest BCUT2D eigenvalue weighted by Crippen LogP contribution is -2.30. The fraction of sp³-hybridized carbons (Fsp3) is 0.333. The molecule has 0 unspecified atom stereocenters. The van der Waals surface area contributed by atoms with E-state index in [2.05, 4.69) is 58.9 Å². The Bertz CT molecular complexity index is 660. The van der Waals surface area contributed by atoms with Gasteiger partial charge in [-0.2, -0.15) is 0 Å². The molecule has 0 atom stereocenters. The number of nitrogens with zero attached hydrogens (tertiary/aromatic N) is 4. The van der Waals surface area contributed by atoms with E-state index in [0.717, 1.165) is 5.84 Å². The maximum atomic E-state index is 3.84. The van der Waals surface area contributed by atoms with E-state index in [9.17, 15) is 0 Å². The maximum Gasteiger partial charge on any atom is 0.283 e.